The van der Waals surface area contributed by atoms with Crippen molar-refractivity contribution in [1.82, 2.24) is 20.1 Å². The summed E-state index contributed by atoms with van der Waals surface area (Å²) < 4.78 is 38.6. The van der Waals surface area contributed by atoms with E-state index in [4.69, 9.17) is 5.26 Å². The Kier molecular flexibility index (Phi) is 5.65. The van der Waals surface area contributed by atoms with E-state index in [-0.39, 0.29) is 5.54 Å². The highest BCUT2D eigenvalue weighted by Crippen LogP contribution is 2.32. The highest BCUT2D eigenvalue weighted by molar-refractivity contribution is 5.63. The van der Waals surface area contributed by atoms with Crippen molar-refractivity contribution in [3.8, 4) is 17.3 Å². The van der Waals surface area contributed by atoms with Crippen LogP contribution in [0.15, 0.2) is 48.8 Å². The SMILES string of the molecule is CC1(C)CN(Cc2cn[nH]c2-c2ccc(C#N)cc2)CCN1c1ccc(C(F)(F)F)cn1. The number of benzene rings is 1. The van der Waals surface area contributed by atoms with Gasteiger partial charge in [-0.2, -0.15) is 23.5 Å². The van der Waals surface area contributed by atoms with Gasteiger partial charge in [-0.15, -0.1) is 0 Å². The fourth-order valence-electron chi connectivity index (χ4n) is 4.16. The summed E-state index contributed by atoms with van der Waals surface area (Å²) in [6.45, 7) is 6.92. The molecule has 32 heavy (non-hydrogen) atoms. The predicted octanol–water partition coefficient (Wildman–Crippen LogP) is 4.46. The molecule has 4 rings (SSSR count). The van der Waals surface area contributed by atoms with Crippen molar-refractivity contribution in [3.63, 3.8) is 0 Å². The molecule has 0 saturated carbocycles. The normalized spacial score (nSPS) is 16.7. The van der Waals surface area contributed by atoms with Crippen LogP contribution in [0.5, 0.6) is 0 Å². The number of hydrogen-bond acceptors (Lipinski definition) is 5. The molecule has 0 aliphatic carbocycles. The van der Waals surface area contributed by atoms with Crippen LogP contribution < -0.4 is 4.90 Å². The van der Waals surface area contributed by atoms with Crippen molar-refractivity contribution < 1.29 is 13.2 Å². The number of pyridine rings is 1. The number of alkyl halides is 3. The first-order chi connectivity index (χ1) is 15.2. The largest absolute Gasteiger partial charge is 0.417 e. The van der Waals surface area contributed by atoms with Gasteiger partial charge in [-0.3, -0.25) is 10.00 Å². The van der Waals surface area contributed by atoms with E-state index in [1.165, 1.54) is 6.07 Å². The third kappa shape index (κ3) is 4.46. The molecule has 1 N–H and O–H groups in total. The zero-order valence-electron chi connectivity index (χ0n) is 17.8. The van der Waals surface area contributed by atoms with Crippen LogP contribution in [0.1, 0.15) is 30.5 Å². The minimum Gasteiger partial charge on any atom is -0.349 e. The van der Waals surface area contributed by atoms with Crippen LogP contribution in [0, 0.1) is 11.3 Å². The summed E-state index contributed by atoms with van der Waals surface area (Å²) >= 11 is 0. The molecule has 1 aromatic carbocycles. The highest BCUT2D eigenvalue weighted by atomic mass is 19.4. The van der Waals surface area contributed by atoms with Gasteiger partial charge in [0.1, 0.15) is 5.82 Å². The zero-order valence-corrected chi connectivity index (χ0v) is 17.8. The Morgan fingerprint density at radius 2 is 1.84 bits per heavy atom. The van der Waals surface area contributed by atoms with Crippen LogP contribution >= 0.6 is 0 Å². The lowest BCUT2D eigenvalue weighted by Gasteiger charge is -2.48. The smallest absolute Gasteiger partial charge is 0.349 e. The number of anilines is 1. The number of aromatic amines is 1. The number of nitrogens with one attached hydrogen (secondary N) is 1. The molecule has 3 heterocycles. The summed E-state index contributed by atoms with van der Waals surface area (Å²) in [6, 6.07) is 12.0. The van der Waals surface area contributed by atoms with E-state index in [0.29, 0.717) is 31.0 Å². The molecule has 6 nitrogen and oxygen atoms in total. The van der Waals surface area contributed by atoms with E-state index in [2.05, 4.69) is 44.9 Å². The number of aromatic nitrogens is 3. The fourth-order valence-corrected chi connectivity index (χ4v) is 4.16. The first kappa shape index (κ1) is 21.8. The second-order valence-electron chi connectivity index (χ2n) is 8.54. The zero-order chi connectivity index (χ0) is 22.9. The van der Waals surface area contributed by atoms with Crippen molar-refractivity contribution in [3.05, 3.63) is 65.5 Å². The maximum Gasteiger partial charge on any atom is 0.417 e. The van der Waals surface area contributed by atoms with Crippen LogP contribution in [0.25, 0.3) is 11.3 Å². The average Bonchev–Trinajstić information content (AvgIpc) is 3.21. The summed E-state index contributed by atoms with van der Waals surface area (Å²) in [6.07, 6.45) is -1.69. The summed E-state index contributed by atoms with van der Waals surface area (Å²) in [4.78, 5) is 8.44. The molecule has 9 heteroatoms. The lowest BCUT2D eigenvalue weighted by molar-refractivity contribution is -0.137. The monoisotopic (exact) mass is 440 g/mol. The number of H-pyrrole nitrogens is 1. The molecular formula is C23H23F3N6. The molecule has 1 fully saturated rings. The maximum atomic E-state index is 12.9. The molecule has 1 aliphatic rings. The Labute approximate surface area is 184 Å². The lowest BCUT2D eigenvalue weighted by atomic mass is 9.97. The average molecular weight is 440 g/mol. The molecule has 1 aliphatic heterocycles. The van der Waals surface area contributed by atoms with Crippen molar-refractivity contribution in [2.24, 2.45) is 0 Å². The first-order valence-electron chi connectivity index (χ1n) is 10.2. The van der Waals surface area contributed by atoms with Gasteiger partial charge in [0.15, 0.2) is 0 Å². The number of nitrogens with zero attached hydrogens (tertiary/aromatic N) is 5. The number of rotatable bonds is 4. The van der Waals surface area contributed by atoms with Gasteiger partial charge in [0.2, 0.25) is 0 Å². The van der Waals surface area contributed by atoms with E-state index in [9.17, 15) is 13.2 Å². The van der Waals surface area contributed by atoms with Crippen LogP contribution in [0.2, 0.25) is 0 Å². The van der Waals surface area contributed by atoms with Crippen molar-refractivity contribution >= 4 is 5.82 Å². The third-order valence-corrected chi connectivity index (χ3v) is 5.75. The maximum absolute atomic E-state index is 12.9. The number of piperazine rings is 1. The van der Waals surface area contributed by atoms with Crippen molar-refractivity contribution in [2.75, 3.05) is 24.5 Å². The van der Waals surface area contributed by atoms with Crippen molar-refractivity contribution in [1.29, 1.82) is 5.26 Å². The molecule has 0 radical (unpaired) electrons. The Morgan fingerprint density at radius 3 is 2.44 bits per heavy atom. The van der Waals surface area contributed by atoms with Gasteiger partial charge in [0.25, 0.3) is 0 Å². The summed E-state index contributed by atoms with van der Waals surface area (Å²) in [7, 11) is 0. The molecule has 0 bridgehead atoms. The van der Waals surface area contributed by atoms with Crippen LogP contribution in [-0.4, -0.2) is 45.3 Å². The van der Waals surface area contributed by atoms with Crippen LogP contribution in [-0.2, 0) is 12.7 Å². The Bertz CT molecular complexity index is 1110. The molecule has 3 aromatic rings. The van der Waals surface area contributed by atoms with E-state index in [0.717, 1.165) is 35.6 Å². The Morgan fingerprint density at radius 1 is 1.09 bits per heavy atom. The first-order valence-corrected chi connectivity index (χ1v) is 10.2. The van der Waals surface area contributed by atoms with E-state index >= 15 is 0 Å². The predicted molar refractivity (Wildman–Crippen MR) is 115 cm³/mol. The quantitative estimate of drug-likeness (QED) is 0.649. The standard InChI is InChI=1S/C23H23F3N6/c1-22(2)15-31(9-10-32(22)20-8-7-19(13-28-20)23(24,25)26)14-18-12-29-30-21(18)17-5-3-16(11-27)4-6-17/h3-8,12-13H,9-10,14-15H2,1-2H3,(H,29,30). The van der Waals surface area contributed by atoms with Gasteiger partial charge in [0.05, 0.1) is 29.1 Å². The van der Waals surface area contributed by atoms with Gasteiger partial charge in [-0.05, 0) is 43.7 Å². The number of hydrogen-bond donors (Lipinski definition) is 1. The highest BCUT2D eigenvalue weighted by Gasteiger charge is 2.36. The summed E-state index contributed by atoms with van der Waals surface area (Å²) in [5.74, 6) is 0.546. The summed E-state index contributed by atoms with van der Waals surface area (Å²) in [5, 5.41) is 16.3. The number of halogens is 3. The van der Waals surface area contributed by atoms with Gasteiger partial charge in [0, 0.05) is 43.5 Å². The minimum atomic E-state index is -4.39. The second kappa shape index (κ2) is 8.28. The Balaban J connectivity index is 1.47. The fraction of sp³-hybridized carbons (Fsp3) is 0.348. The van der Waals surface area contributed by atoms with E-state index in [1.54, 1.807) is 12.1 Å². The molecular weight excluding hydrogens is 417 g/mol. The van der Waals surface area contributed by atoms with Crippen LogP contribution in [0.4, 0.5) is 19.0 Å². The van der Waals surface area contributed by atoms with Crippen LogP contribution in [0.3, 0.4) is 0 Å². The molecule has 0 amide bonds. The van der Waals surface area contributed by atoms with Gasteiger partial charge >= 0.3 is 6.18 Å². The van der Waals surface area contributed by atoms with Gasteiger partial charge in [-0.1, -0.05) is 12.1 Å². The number of nitriles is 1. The topological polar surface area (TPSA) is 71.8 Å². The minimum absolute atomic E-state index is 0.316. The lowest BCUT2D eigenvalue weighted by Crippen LogP contribution is -2.59. The molecule has 166 valence electrons. The summed E-state index contributed by atoms with van der Waals surface area (Å²) in [5.41, 5.74) is 2.47. The second-order valence-corrected chi connectivity index (χ2v) is 8.54. The van der Waals surface area contributed by atoms with Crippen molar-refractivity contribution in [2.45, 2.75) is 32.1 Å². The molecule has 0 spiro atoms. The molecule has 0 atom stereocenters. The van der Waals surface area contributed by atoms with E-state index in [1.807, 2.05) is 18.3 Å². The molecule has 1 saturated heterocycles. The molecule has 2 aromatic heterocycles. The van der Waals surface area contributed by atoms with Gasteiger partial charge < -0.3 is 4.90 Å². The van der Waals surface area contributed by atoms with Gasteiger partial charge in [-0.25, -0.2) is 4.98 Å². The molecule has 0 unspecified atom stereocenters. The Hall–Kier alpha value is -3.38. The van der Waals surface area contributed by atoms with E-state index < -0.39 is 11.7 Å². The third-order valence-electron chi connectivity index (χ3n) is 5.75.